The molecule has 0 spiro atoms. The van der Waals surface area contributed by atoms with Crippen LogP contribution < -0.4 is 0 Å². The molecular formula is C20H24ClN3O5. The van der Waals surface area contributed by atoms with Crippen molar-refractivity contribution in [2.45, 2.75) is 38.9 Å². The zero-order valence-corrected chi connectivity index (χ0v) is 17.3. The van der Waals surface area contributed by atoms with Gasteiger partial charge in [0.15, 0.2) is 0 Å². The number of halogens is 1. The Hall–Kier alpha value is -2.71. The summed E-state index contributed by atoms with van der Waals surface area (Å²) in [6, 6.07) is 11.0. The van der Waals surface area contributed by atoms with Gasteiger partial charge in [0, 0.05) is 18.7 Å². The van der Waals surface area contributed by atoms with Gasteiger partial charge in [0.25, 0.3) is 5.69 Å². The largest absolute Gasteiger partial charge is 0.444 e. The maximum Gasteiger partial charge on any atom is 0.410 e. The van der Waals surface area contributed by atoms with E-state index < -0.39 is 22.7 Å². The number of non-ortho nitro benzene ring substituents is 1. The second-order valence-electron chi connectivity index (χ2n) is 7.50. The van der Waals surface area contributed by atoms with E-state index in [-0.39, 0.29) is 23.9 Å². The Morgan fingerprint density at radius 2 is 1.93 bits per heavy atom. The molecule has 1 aromatic carbocycles. The van der Waals surface area contributed by atoms with Gasteiger partial charge in [0.1, 0.15) is 16.9 Å². The van der Waals surface area contributed by atoms with Crippen LogP contribution in [0.2, 0.25) is 5.15 Å². The highest BCUT2D eigenvalue weighted by molar-refractivity contribution is 6.29. The molecular weight excluding hydrogens is 398 g/mol. The zero-order chi connectivity index (χ0) is 21.6. The average molecular weight is 422 g/mol. The number of nitro benzene ring substituents is 1. The monoisotopic (exact) mass is 421 g/mol. The topological polar surface area (TPSA) is 106 Å². The van der Waals surface area contributed by atoms with Crippen molar-refractivity contribution in [3.63, 3.8) is 0 Å². The highest BCUT2D eigenvalue weighted by Crippen LogP contribution is 2.18. The smallest absolute Gasteiger partial charge is 0.410 e. The summed E-state index contributed by atoms with van der Waals surface area (Å²) in [5, 5.41) is 21.5. The molecule has 0 fully saturated rings. The fourth-order valence-electron chi connectivity index (χ4n) is 2.54. The minimum absolute atomic E-state index is 0.000186. The van der Waals surface area contributed by atoms with Crippen LogP contribution in [0.1, 0.15) is 38.1 Å². The maximum absolute atomic E-state index is 12.6. The third kappa shape index (κ3) is 7.32. The Morgan fingerprint density at radius 1 is 1.28 bits per heavy atom. The minimum atomic E-state index is -1.04. The second-order valence-corrected chi connectivity index (χ2v) is 7.89. The van der Waals surface area contributed by atoms with Gasteiger partial charge in [-0.25, -0.2) is 9.78 Å². The van der Waals surface area contributed by atoms with Crippen molar-refractivity contribution in [3.8, 4) is 0 Å². The Balaban J connectivity index is 2.11. The number of rotatable bonds is 7. The number of ether oxygens (including phenoxy) is 1. The van der Waals surface area contributed by atoms with Gasteiger partial charge in [-0.15, -0.1) is 0 Å². The zero-order valence-electron chi connectivity index (χ0n) is 16.5. The van der Waals surface area contributed by atoms with Crippen LogP contribution in [0, 0.1) is 10.1 Å². The molecule has 1 atom stereocenters. The quantitative estimate of drug-likeness (QED) is 0.409. The maximum atomic E-state index is 12.6. The molecule has 2 rings (SSSR count). The Bertz CT molecular complexity index is 852. The van der Waals surface area contributed by atoms with E-state index in [1.807, 2.05) is 0 Å². The van der Waals surface area contributed by atoms with Gasteiger partial charge in [-0.2, -0.15) is 0 Å². The molecule has 29 heavy (non-hydrogen) atoms. The first-order valence-corrected chi connectivity index (χ1v) is 9.45. The summed E-state index contributed by atoms with van der Waals surface area (Å²) < 4.78 is 5.44. The Labute approximate surface area is 174 Å². The summed E-state index contributed by atoms with van der Waals surface area (Å²) in [7, 11) is 0. The van der Waals surface area contributed by atoms with Gasteiger partial charge < -0.3 is 14.7 Å². The number of pyridine rings is 1. The molecule has 1 aromatic heterocycles. The molecule has 8 nitrogen and oxygen atoms in total. The predicted octanol–water partition coefficient (Wildman–Crippen LogP) is 4.16. The van der Waals surface area contributed by atoms with Crippen molar-refractivity contribution in [1.82, 2.24) is 9.88 Å². The van der Waals surface area contributed by atoms with Crippen LogP contribution in [0.4, 0.5) is 10.5 Å². The summed E-state index contributed by atoms with van der Waals surface area (Å²) in [5.74, 6) is 0. The summed E-state index contributed by atoms with van der Waals surface area (Å²) in [4.78, 5) is 28.4. The number of aliphatic hydroxyl groups is 1. The van der Waals surface area contributed by atoms with Crippen molar-refractivity contribution in [2.24, 2.45) is 0 Å². The van der Waals surface area contributed by atoms with E-state index in [0.717, 1.165) is 5.56 Å². The van der Waals surface area contributed by atoms with Crippen molar-refractivity contribution < 1.29 is 19.6 Å². The van der Waals surface area contributed by atoms with Crippen molar-refractivity contribution in [3.05, 3.63) is 69.0 Å². The van der Waals surface area contributed by atoms with E-state index in [1.54, 1.807) is 51.1 Å². The molecule has 0 bridgehead atoms. The summed E-state index contributed by atoms with van der Waals surface area (Å²) in [5.41, 5.74) is 0.475. The van der Waals surface area contributed by atoms with Crippen molar-refractivity contribution >= 4 is 23.4 Å². The van der Waals surface area contributed by atoms with Crippen molar-refractivity contribution in [1.29, 1.82) is 0 Å². The molecule has 0 unspecified atom stereocenters. The number of hydrogen-bond acceptors (Lipinski definition) is 6. The molecule has 156 valence electrons. The highest BCUT2D eigenvalue weighted by Gasteiger charge is 2.25. The Kier molecular flexibility index (Phi) is 7.53. The van der Waals surface area contributed by atoms with Crippen molar-refractivity contribution in [2.75, 3.05) is 13.1 Å². The molecule has 0 saturated carbocycles. The van der Waals surface area contributed by atoms with E-state index in [2.05, 4.69) is 4.98 Å². The van der Waals surface area contributed by atoms with E-state index in [0.29, 0.717) is 12.1 Å². The molecule has 1 amide bonds. The van der Waals surface area contributed by atoms with E-state index in [4.69, 9.17) is 16.3 Å². The third-order valence-electron chi connectivity index (χ3n) is 3.94. The molecule has 1 N–H and O–H groups in total. The van der Waals surface area contributed by atoms with Crippen LogP contribution in [-0.2, 0) is 11.2 Å². The SMILES string of the molecule is CC(C)(C)OC(=O)N(CCc1ccc([N+](=O)[O-])cc1)C[C@@H](O)c1cccc(Cl)n1. The molecule has 9 heteroatoms. The first-order valence-electron chi connectivity index (χ1n) is 9.07. The lowest BCUT2D eigenvalue weighted by molar-refractivity contribution is -0.384. The molecule has 0 radical (unpaired) electrons. The first kappa shape index (κ1) is 22.6. The van der Waals surface area contributed by atoms with Crippen LogP contribution in [0.3, 0.4) is 0 Å². The number of hydrogen-bond donors (Lipinski definition) is 1. The lowest BCUT2D eigenvalue weighted by atomic mass is 10.1. The summed E-state index contributed by atoms with van der Waals surface area (Å²) in [6.07, 6.45) is -1.18. The van der Waals surface area contributed by atoms with Crippen LogP contribution >= 0.6 is 11.6 Å². The first-order chi connectivity index (χ1) is 13.5. The molecule has 0 aliphatic rings. The van der Waals surface area contributed by atoms with Crippen LogP contribution in [0.5, 0.6) is 0 Å². The number of amides is 1. The lowest BCUT2D eigenvalue weighted by Crippen LogP contribution is -2.40. The number of carbonyl (C=O) groups is 1. The van der Waals surface area contributed by atoms with Gasteiger partial charge in [-0.05, 0) is 44.9 Å². The average Bonchev–Trinajstić information content (AvgIpc) is 2.63. The number of aromatic nitrogens is 1. The fraction of sp³-hybridized carbons (Fsp3) is 0.400. The van der Waals surface area contributed by atoms with E-state index in [1.165, 1.54) is 17.0 Å². The molecule has 2 aromatic rings. The standard InChI is InChI=1S/C20H24ClN3O5/c1-20(2,3)29-19(26)23(13-17(25)16-5-4-6-18(21)22-16)12-11-14-7-9-15(10-8-14)24(27)28/h4-10,17,25H,11-13H2,1-3H3/t17-/m1/s1. The number of benzene rings is 1. The Morgan fingerprint density at radius 3 is 2.48 bits per heavy atom. The number of aliphatic hydroxyl groups excluding tert-OH is 1. The van der Waals surface area contributed by atoms with Crippen LogP contribution in [0.25, 0.3) is 0 Å². The lowest BCUT2D eigenvalue weighted by Gasteiger charge is -2.29. The number of nitro groups is 1. The number of carbonyl (C=O) groups excluding carboxylic acids is 1. The predicted molar refractivity (Wildman–Crippen MR) is 109 cm³/mol. The molecule has 1 heterocycles. The van der Waals surface area contributed by atoms with Crippen LogP contribution in [-0.4, -0.2) is 44.7 Å². The van der Waals surface area contributed by atoms with Crippen LogP contribution in [0.15, 0.2) is 42.5 Å². The second kappa shape index (κ2) is 9.67. The van der Waals surface area contributed by atoms with Gasteiger partial charge in [-0.1, -0.05) is 29.8 Å². The highest BCUT2D eigenvalue weighted by atomic mass is 35.5. The molecule has 0 saturated heterocycles. The van der Waals surface area contributed by atoms with Gasteiger partial charge in [0.05, 0.1) is 17.2 Å². The van der Waals surface area contributed by atoms with E-state index in [9.17, 15) is 20.0 Å². The van der Waals surface area contributed by atoms with E-state index >= 15 is 0 Å². The molecule has 0 aliphatic heterocycles. The normalized spacial score (nSPS) is 12.3. The minimum Gasteiger partial charge on any atom is -0.444 e. The summed E-state index contributed by atoms with van der Waals surface area (Å²) in [6.45, 7) is 5.50. The van der Waals surface area contributed by atoms with Gasteiger partial charge in [-0.3, -0.25) is 10.1 Å². The fourth-order valence-corrected chi connectivity index (χ4v) is 2.71. The summed E-state index contributed by atoms with van der Waals surface area (Å²) >= 11 is 5.88. The number of nitrogens with zero attached hydrogens (tertiary/aromatic N) is 3. The third-order valence-corrected chi connectivity index (χ3v) is 4.15. The molecule has 0 aliphatic carbocycles. The van der Waals surface area contributed by atoms with Gasteiger partial charge in [0.2, 0.25) is 0 Å². The van der Waals surface area contributed by atoms with Gasteiger partial charge >= 0.3 is 6.09 Å².